The summed E-state index contributed by atoms with van der Waals surface area (Å²) >= 11 is 0. The first-order valence-corrected chi connectivity index (χ1v) is 5.56. The lowest BCUT2D eigenvalue weighted by Crippen LogP contribution is -2.23. The van der Waals surface area contributed by atoms with E-state index in [4.69, 9.17) is 10.00 Å². The van der Waals surface area contributed by atoms with Gasteiger partial charge in [0, 0.05) is 5.56 Å². The van der Waals surface area contributed by atoms with Crippen LogP contribution in [0.2, 0.25) is 0 Å². The van der Waals surface area contributed by atoms with Crippen molar-refractivity contribution in [2.45, 2.75) is 0 Å². The van der Waals surface area contributed by atoms with Gasteiger partial charge in [0.2, 0.25) is 0 Å². The summed E-state index contributed by atoms with van der Waals surface area (Å²) in [5.41, 5.74) is 0.121. The first-order chi connectivity index (χ1) is 9.17. The van der Waals surface area contributed by atoms with Gasteiger partial charge in [-0.1, -0.05) is 30.3 Å². The van der Waals surface area contributed by atoms with Crippen LogP contribution < -0.4 is 9.84 Å². The third-order valence-corrected chi connectivity index (χ3v) is 2.78. The van der Waals surface area contributed by atoms with Crippen molar-refractivity contribution in [3.05, 3.63) is 47.5 Å². The summed E-state index contributed by atoms with van der Waals surface area (Å²) in [5.74, 6) is -0.995. The Morgan fingerprint density at radius 2 is 2.05 bits per heavy atom. The number of carboxylic acid groups (broad SMARTS) is 1. The Balaban J connectivity index is 2.77. The average molecular weight is 252 g/mol. The summed E-state index contributed by atoms with van der Waals surface area (Å²) in [6, 6.07) is 12.7. The molecule has 19 heavy (non-hydrogen) atoms. The molecule has 2 aromatic rings. The summed E-state index contributed by atoms with van der Waals surface area (Å²) in [4.78, 5) is 10.8. The van der Waals surface area contributed by atoms with Crippen LogP contribution in [0.1, 0.15) is 5.56 Å². The van der Waals surface area contributed by atoms with Crippen LogP contribution >= 0.6 is 0 Å². The summed E-state index contributed by atoms with van der Waals surface area (Å²) in [6.45, 7) is 0. The number of nitriles is 1. The molecule has 0 amide bonds. The highest BCUT2D eigenvalue weighted by atomic mass is 16.5. The van der Waals surface area contributed by atoms with E-state index in [2.05, 4.69) is 0 Å². The largest absolute Gasteiger partial charge is 0.544 e. The Labute approximate surface area is 110 Å². The normalized spacial score (nSPS) is 11.1. The van der Waals surface area contributed by atoms with Crippen LogP contribution in [-0.4, -0.2) is 13.1 Å². The van der Waals surface area contributed by atoms with Crippen LogP contribution in [0.25, 0.3) is 16.8 Å². The molecule has 0 bridgehead atoms. The lowest BCUT2D eigenvalue weighted by atomic mass is 10.0. The van der Waals surface area contributed by atoms with Crippen molar-refractivity contribution >= 4 is 22.8 Å². The van der Waals surface area contributed by atoms with E-state index >= 15 is 0 Å². The third-order valence-electron chi connectivity index (χ3n) is 2.78. The van der Waals surface area contributed by atoms with E-state index in [1.807, 2.05) is 30.3 Å². The molecule has 2 rings (SSSR count). The Morgan fingerprint density at radius 3 is 2.68 bits per heavy atom. The number of rotatable bonds is 3. The second kappa shape index (κ2) is 5.23. The van der Waals surface area contributed by atoms with Gasteiger partial charge in [-0.25, -0.2) is 0 Å². The number of fused-ring (bicyclic) bond motifs is 1. The monoisotopic (exact) mass is 252 g/mol. The van der Waals surface area contributed by atoms with Gasteiger partial charge in [0.05, 0.1) is 18.7 Å². The highest BCUT2D eigenvalue weighted by molar-refractivity contribution is 6.00. The number of hydrogen-bond acceptors (Lipinski definition) is 4. The molecule has 0 aliphatic heterocycles. The zero-order valence-electron chi connectivity index (χ0n) is 10.2. The van der Waals surface area contributed by atoms with Crippen molar-refractivity contribution in [1.29, 1.82) is 5.26 Å². The predicted octanol–water partition coefficient (Wildman–Crippen LogP) is 1.51. The highest BCUT2D eigenvalue weighted by Gasteiger charge is 2.07. The van der Waals surface area contributed by atoms with Crippen LogP contribution in [0.4, 0.5) is 0 Å². The van der Waals surface area contributed by atoms with E-state index in [1.54, 1.807) is 12.1 Å². The Bertz CT molecular complexity index is 711. The smallest absolute Gasteiger partial charge is 0.126 e. The minimum atomic E-state index is -1.50. The molecule has 0 N–H and O–H groups in total. The molecule has 4 nitrogen and oxygen atoms in total. The van der Waals surface area contributed by atoms with Crippen molar-refractivity contribution in [3.63, 3.8) is 0 Å². The fourth-order valence-electron chi connectivity index (χ4n) is 1.88. The predicted molar refractivity (Wildman–Crippen MR) is 69.1 cm³/mol. The molecule has 0 aromatic heterocycles. The maximum absolute atomic E-state index is 10.8. The number of benzene rings is 2. The summed E-state index contributed by atoms with van der Waals surface area (Å²) < 4.78 is 5.21. The van der Waals surface area contributed by atoms with Gasteiger partial charge in [0.1, 0.15) is 11.8 Å². The highest BCUT2D eigenvalue weighted by Crippen LogP contribution is 2.29. The molecule has 0 saturated carbocycles. The van der Waals surface area contributed by atoms with Gasteiger partial charge in [-0.05, 0) is 22.9 Å². The second-order valence-corrected chi connectivity index (χ2v) is 3.86. The molecule has 0 atom stereocenters. The van der Waals surface area contributed by atoms with Crippen molar-refractivity contribution in [3.8, 4) is 11.8 Å². The number of carbonyl (C=O) groups excluding carboxylic acids is 1. The standard InChI is InChI=1S/C15H11NO3/c1-19-14-7-6-10-4-2-3-5-12(10)13(14)8-11(9-16)15(17)18/h2-8H,1H3,(H,17,18)/p-1/b11-8+. The Hall–Kier alpha value is -2.80. The molecule has 4 heteroatoms. The van der Waals surface area contributed by atoms with E-state index in [1.165, 1.54) is 13.2 Å². The van der Waals surface area contributed by atoms with E-state index in [-0.39, 0.29) is 0 Å². The van der Waals surface area contributed by atoms with Crippen LogP contribution in [0, 0.1) is 11.3 Å². The fraction of sp³-hybridized carbons (Fsp3) is 0.0667. The Morgan fingerprint density at radius 1 is 1.32 bits per heavy atom. The molecule has 0 heterocycles. The maximum atomic E-state index is 10.8. The number of carboxylic acids is 1. The van der Waals surface area contributed by atoms with Gasteiger partial charge in [-0.2, -0.15) is 5.26 Å². The van der Waals surface area contributed by atoms with E-state index < -0.39 is 11.5 Å². The molecule has 0 fully saturated rings. The summed E-state index contributed by atoms with van der Waals surface area (Å²) in [7, 11) is 1.49. The van der Waals surface area contributed by atoms with Crippen molar-refractivity contribution in [2.75, 3.05) is 7.11 Å². The molecule has 0 spiro atoms. The molecule has 0 unspecified atom stereocenters. The van der Waals surface area contributed by atoms with Crippen molar-refractivity contribution in [2.24, 2.45) is 0 Å². The number of aliphatic carboxylic acids is 1. The third kappa shape index (κ3) is 2.40. The first kappa shape index (κ1) is 12.7. The first-order valence-electron chi connectivity index (χ1n) is 5.56. The second-order valence-electron chi connectivity index (χ2n) is 3.86. The van der Waals surface area contributed by atoms with Crippen LogP contribution in [0.5, 0.6) is 5.75 Å². The van der Waals surface area contributed by atoms with Gasteiger partial charge < -0.3 is 14.6 Å². The zero-order valence-corrected chi connectivity index (χ0v) is 10.2. The molecule has 0 saturated heterocycles. The lowest BCUT2D eigenvalue weighted by Gasteiger charge is -2.09. The lowest BCUT2D eigenvalue weighted by molar-refractivity contribution is -0.298. The quantitative estimate of drug-likeness (QED) is 0.613. The molecule has 0 radical (unpaired) electrons. The summed E-state index contributed by atoms with van der Waals surface area (Å²) in [6.07, 6.45) is 1.27. The fourth-order valence-corrected chi connectivity index (χ4v) is 1.88. The van der Waals surface area contributed by atoms with E-state index in [0.717, 1.165) is 10.8 Å². The molecular weight excluding hydrogens is 242 g/mol. The number of nitrogens with zero attached hydrogens (tertiary/aromatic N) is 1. The minimum absolute atomic E-state index is 0.436. The average Bonchev–Trinajstić information content (AvgIpc) is 2.44. The van der Waals surface area contributed by atoms with Gasteiger partial charge >= 0.3 is 0 Å². The SMILES string of the molecule is COc1ccc2ccccc2c1/C=C(\C#N)C(=O)[O-]. The van der Waals surface area contributed by atoms with Gasteiger partial charge in [-0.3, -0.25) is 0 Å². The molecule has 2 aromatic carbocycles. The minimum Gasteiger partial charge on any atom is -0.544 e. The Kier molecular flexibility index (Phi) is 3.48. The molecular formula is C15H10NO3-. The van der Waals surface area contributed by atoms with E-state index in [0.29, 0.717) is 11.3 Å². The maximum Gasteiger partial charge on any atom is 0.126 e. The van der Waals surface area contributed by atoms with Gasteiger partial charge in [0.15, 0.2) is 0 Å². The number of methoxy groups -OCH3 is 1. The van der Waals surface area contributed by atoms with E-state index in [9.17, 15) is 9.90 Å². The zero-order chi connectivity index (χ0) is 13.8. The molecule has 0 aliphatic carbocycles. The summed E-state index contributed by atoms with van der Waals surface area (Å²) in [5, 5.41) is 21.4. The molecule has 94 valence electrons. The molecule has 0 aliphatic rings. The number of hydrogen-bond donors (Lipinski definition) is 0. The van der Waals surface area contributed by atoms with Crippen LogP contribution in [-0.2, 0) is 4.79 Å². The number of ether oxygens (including phenoxy) is 1. The topological polar surface area (TPSA) is 73.1 Å². The van der Waals surface area contributed by atoms with Crippen molar-refractivity contribution < 1.29 is 14.6 Å². The van der Waals surface area contributed by atoms with Crippen molar-refractivity contribution in [1.82, 2.24) is 0 Å². The number of carbonyl (C=O) groups is 1. The van der Waals surface area contributed by atoms with Crippen LogP contribution in [0.15, 0.2) is 42.0 Å². The van der Waals surface area contributed by atoms with Crippen LogP contribution in [0.3, 0.4) is 0 Å². The van der Waals surface area contributed by atoms with Gasteiger partial charge in [-0.15, -0.1) is 0 Å². The van der Waals surface area contributed by atoms with Gasteiger partial charge in [0.25, 0.3) is 0 Å².